The Labute approximate surface area is 210 Å². The lowest BCUT2D eigenvalue weighted by Gasteiger charge is -2.22. The summed E-state index contributed by atoms with van der Waals surface area (Å²) in [7, 11) is -1.77. The lowest BCUT2D eigenvalue weighted by molar-refractivity contribution is 0.0723. The summed E-state index contributed by atoms with van der Waals surface area (Å²) in [4.78, 5) is 1.45. The molecular formula is C25H27ClO5S3. The molecule has 0 atom stereocenters. The number of hydrogen-bond donors (Lipinski definition) is 0. The van der Waals surface area contributed by atoms with E-state index in [0.717, 1.165) is 23.5 Å². The highest BCUT2D eigenvalue weighted by molar-refractivity contribution is 8.13. The second-order valence-electron chi connectivity index (χ2n) is 7.81. The molecule has 34 heavy (non-hydrogen) atoms. The minimum atomic E-state index is -3.53. The topological polar surface area (TPSA) is 77.5 Å². The van der Waals surface area contributed by atoms with Gasteiger partial charge in [-0.2, -0.15) is 0 Å². The molecule has 0 aromatic heterocycles. The monoisotopic (exact) mass is 538 g/mol. The number of sulfone groups is 1. The quantitative estimate of drug-likeness (QED) is 0.280. The molecule has 3 aromatic carbocycles. The first-order valence-corrected chi connectivity index (χ1v) is 15.8. The van der Waals surface area contributed by atoms with Gasteiger partial charge < -0.3 is 4.74 Å². The van der Waals surface area contributed by atoms with Crippen LogP contribution in [0, 0.1) is 5.92 Å². The van der Waals surface area contributed by atoms with E-state index in [-0.39, 0.29) is 16.6 Å². The third-order valence-electron chi connectivity index (χ3n) is 5.24. The molecule has 5 nitrogen and oxygen atoms in total. The van der Waals surface area contributed by atoms with Gasteiger partial charge in [0.15, 0.2) is 9.84 Å². The number of thioether (sulfide) groups is 1. The summed E-state index contributed by atoms with van der Waals surface area (Å²) in [5.41, 5.74) is 1.19. The summed E-state index contributed by atoms with van der Waals surface area (Å²) < 4.78 is 52.3. The number of halogens is 1. The highest BCUT2D eigenvalue weighted by Gasteiger charge is 2.25. The van der Waals surface area contributed by atoms with E-state index >= 15 is 0 Å². The maximum Gasteiger partial charge on any atom is 0.261 e. The van der Waals surface area contributed by atoms with Crippen molar-refractivity contribution in [3.05, 3.63) is 90.5 Å². The van der Waals surface area contributed by atoms with E-state index in [4.69, 9.17) is 15.4 Å². The van der Waals surface area contributed by atoms with Crippen LogP contribution < -0.4 is 0 Å². The molecule has 1 aliphatic heterocycles. The van der Waals surface area contributed by atoms with E-state index in [2.05, 4.69) is 12.1 Å². The Balaban J connectivity index is 0.000000271. The molecule has 0 radical (unpaired) electrons. The van der Waals surface area contributed by atoms with Crippen molar-refractivity contribution in [3.8, 4) is 0 Å². The predicted molar refractivity (Wildman–Crippen MR) is 138 cm³/mol. The Bertz CT molecular complexity index is 1240. The van der Waals surface area contributed by atoms with Gasteiger partial charge in [0.05, 0.1) is 15.5 Å². The van der Waals surface area contributed by atoms with E-state index in [9.17, 15) is 16.8 Å². The highest BCUT2D eigenvalue weighted by atomic mass is 35.7. The lowest BCUT2D eigenvalue weighted by atomic mass is 10.0. The fourth-order valence-corrected chi connectivity index (χ4v) is 7.50. The molecule has 1 fully saturated rings. The molecule has 0 saturated carbocycles. The lowest BCUT2D eigenvalue weighted by Crippen LogP contribution is -2.23. The van der Waals surface area contributed by atoms with Crippen LogP contribution in [0.15, 0.2) is 99.6 Å². The normalized spacial score (nSPS) is 14.7. The third-order valence-corrected chi connectivity index (χ3v) is 9.82. The summed E-state index contributed by atoms with van der Waals surface area (Å²) in [5, 5.41) is 0. The van der Waals surface area contributed by atoms with Gasteiger partial charge in [0.1, 0.15) is 0 Å². The second kappa shape index (κ2) is 12.7. The number of ether oxygens (including phenoxy) is 1. The molecule has 182 valence electrons. The van der Waals surface area contributed by atoms with Crippen LogP contribution in [0.25, 0.3) is 0 Å². The van der Waals surface area contributed by atoms with Crippen molar-refractivity contribution >= 4 is 41.3 Å². The van der Waals surface area contributed by atoms with E-state index in [1.165, 1.54) is 17.7 Å². The Morgan fingerprint density at radius 1 is 0.794 bits per heavy atom. The summed E-state index contributed by atoms with van der Waals surface area (Å²) in [5.74, 6) is 1.19. The first-order valence-electron chi connectivity index (χ1n) is 10.8. The van der Waals surface area contributed by atoms with Gasteiger partial charge in [-0.15, -0.1) is 11.8 Å². The molecule has 1 heterocycles. The van der Waals surface area contributed by atoms with Crippen molar-refractivity contribution in [2.45, 2.75) is 33.3 Å². The SMILES string of the molecule is O=S(=O)(CC1CCOCC1)c1ccccc1SCc1ccccc1.O=S(=O)(Cl)c1ccccc1. The van der Waals surface area contributed by atoms with Gasteiger partial charge in [0, 0.05) is 34.5 Å². The van der Waals surface area contributed by atoms with Gasteiger partial charge in [-0.05, 0) is 48.6 Å². The van der Waals surface area contributed by atoms with E-state index in [1.54, 1.807) is 36.0 Å². The Morgan fingerprint density at radius 2 is 1.35 bits per heavy atom. The van der Waals surface area contributed by atoms with Crippen molar-refractivity contribution in [1.29, 1.82) is 0 Å². The van der Waals surface area contributed by atoms with Crippen molar-refractivity contribution in [2.75, 3.05) is 19.0 Å². The zero-order chi connectivity index (χ0) is 24.4. The third kappa shape index (κ3) is 8.43. The van der Waals surface area contributed by atoms with Crippen molar-refractivity contribution < 1.29 is 21.6 Å². The van der Waals surface area contributed by atoms with Crippen LogP contribution >= 0.6 is 22.4 Å². The number of rotatable bonds is 7. The van der Waals surface area contributed by atoms with E-state index in [0.29, 0.717) is 18.1 Å². The minimum Gasteiger partial charge on any atom is -0.381 e. The molecule has 0 N–H and O–H groups in total. The van der Waals surface area contributed by atoms with Crippen LogP contribution in [0.3, 0.4) is 0 Å². The molecule has 0 unspecified atom stereocenters. The van der Waals surface area contributed by atoms with Crippen LogP contribution in [0.5, 0.6) is 0 Å². The Kier molecular flexibility index (Phi) is 10.0. The molecule has 4 rings (SSSR count). The summed E-state index contributed by atoms with van der Waals surface area (Å²) in [6, 6.07) is 25.3. The molecule has 0 amide bonds. The Hall–Kier alpha value is -1.84. The molecule has 1 saturated heterocycles. The minimum absolute atomic E-state index is 0.136. The maximum atomic E-state index is 12.9. The van der Waals surface area contributed by atoms with E-state index in [1.807, 2.05) is 36.4 Å². The van der Waals surface area contributed by atoms with Crippen molar-refractivity contribution in [1.82, 2.24) is 0 Å². The fraction of sp³-hybridized carbons (Fsp3) is 0.280. The van der Waals surface area contributed by atoms with E-state index < -0.39 is 18.9 Å². The first kappa shape index (κ1) is 26.8. The van der Waals surface area contributed by atoms with Crippen LogP contribution in [-0.2, 0) is 29.4 Å². The average molecular weight is 539 g/mol. The van der Waals surface area contributed by atoms with Crippen LogP contribution in [-0.4, -0.2) is 35.8 Å². The summed E-state index contributed by atoms with van der Waals surface area (Å²) >= 11 is 1.59. The first-order chi connectivity index (χ1) is 16.3. The predicted octanol–water partition coefficient (Wildman–Crippen LogP) is 5.79. The molecule has 1 aliphatic rings. The Morgan fingerprint density at radius 3 is 1.94 bits per heavy atom. The zero-order valence-corrected chi connectivity index (χ0v) is 21.8. The van der Waals surface area contributed by atoms with Gasteiger partial charge in [0.25, 0.3) is 9.05 Å². The molecule has 0 bridgehead atoms. The van der Waals surface area contributed by atoms with Crippen LogP contribution in [0.4, 0.5) is 0 Å². The molecule has 9 heteroatoms. The molecule has 0 spiro atoms. The second-order valence-corrected chi connectivity index (χ2v) is 13.4. The maximum absolute atomic E-state index is 12.9. The van der Waals surface area contributed by atoms with Crippen molar-refractivity contribution in [3.63, 3.8) is 0 Å². The van der Waals surface area contributed by atoms with Gasteiger partial charge in [-0.1, -0.05) is 60.7 Å². The largest absolute Gasteiger partial charge is 0.381 e. The smallest absolute Gasteiger partial charge is 0.261 e. The van der Waals surface area contributed by atoms with Crippen LogP contribution in [0.2, 0.25) is 0 Å². The summed E-state index contributed by atoms with van der Waals surface area (Å²) in [6.45, 7) is 1.34. The molecule has 3 aromatic rings. The van der Waals surface area contributed by atoms with Gasteiger partial charge >= 0.3 is 0 Å². The highest BCUT2D eigenvalue weighted by Crippen LogP contribution is 2.31. The zero-order valence-electron chi connectivity index (χ0n) is 18.5. The van der Waals surface area contributed by atoms with Crippen molar-refractivity contribution in [2.24, 2.45) is 5.92 Å². The fourth-order valence-electron chi connectivity index (χ4n) is 3.46. The van der Waals surface area contributed by atoms with Gasteiger partial charge in [-0.25, -0.2) is 16.8 Å². The van der Waals surface area contributed by atoms with Gasteiger partial charge in [-0.3, -0.25) is 0 Å². The molecular weight excluding hydrogens is 512 g/mol. The van der Waals surface area contributed by atoms with Crippen LogP contribution in [0.1, 0.15) is 18.4 Å². The number of benzene rings is 3. The van der Waals surface area contributed by atoms with Gasteiger partial charge in [0.2, 0.25) is 0 Å². The average Bonchev–Trinajstić information content (AvgIpc) is 2.84. The molecule has 0 aliphatic carbocycles. The standard InChI is InChI=1S/C19H22O3S2.C6H5ClO2S/c20-24(21,15-17-10-12-22-13-11-17)19-9-5-4-8-18(19)23-14-16-6-2-1-3-7-16;7-10(8,9)6-4-2-1-3-5-6/h1-9,17H,10-15H2;1-5H. The number of hydrogen-bond acceptors (Lipinski definition) is 6. The summed E-state index contributed by atoms with van der Waals surface area (Å²) in [6.07, 6.45) is 1.66.